The van der Waals surface area contributed by atoms with Gasteiger partial charge in [0.05, 0.1) is 15.5 Å². The second kappa shape index (κ2) is 9.80. The summed E-state index contributed by atoms with van der Waals surface area (Å²) in [5, 5.41) is 0. The van der Waals surface area contributed by atoms with Crippen LogP contribution in [0, 0.1) is 13.8 Å². The van der Waals surface area contributed by atoms with E-state index in [1.54, 1.807) is 72.5 Å². The van der Waals surface area contributed by atoms with Gasteiger partial charge in [0, 0.05) is 31.7 Å². The molecule has 0 aliphatic carbocycles. The monoisotopic (exact) mass is 513 g/mol. The molecule has 3 aromatic rings. The lowest BCUT2D eigenvalue weighted by molar-refractivity contribution is 0.0697. The van der Waals surface area contributed by atoms with Crippen LogP contribution in [0.2, 0.25) is 0 Å². The van der Waals surface area contributed by atoms with E-state index in [0.717, 1.165) is 5.56 Å². The first-order valence-electron chi connectivity index (χ1n) is 11.1. The van der Waals surface area contributed by atoms with E-state index in [-0.39, 0.29) is 41.9 Å². The number of amides is 1. The summed E-state index contributed by atoms with van der Waals surface area (Å²) in [5.74, 6) is -0.268. The van der Waals surface area contributed by atoms with E-state index in [1.165, 1.54) is 16.4 Å². The molecule has 0 bridgehead atoms. The molecular formula is C25H27N3O5S2. The average Bonchev–Trinajstić information content (AvgIpc) is 2.86. The Morgan fingerprint density at radius 2 is 1.37 bits per heavy atom. The van der Waals surface area contributed by atoms with Gasteiger partial charge in [-0.05, 0) is 55.8 Å². The van der Waals surface area contributed by atoms with Gasteiger partial charge in [0.15, 0.2) is 0 Å². The molecule has 1 aliphatic rings. The van der Waals surface area contributed by atoms with Gasteiger partial charge in [-0.15, -0.1) is 0 Å². The molecule has 10 heteroatoms. The molecule has 1 N–H and O–H groups in total. The summed E-state index contributed by atoms with van der Waals surface area (Å²) in [6, 6.07) is 19.6. The smallest absolute Gasteiger partial charge is 0.261 e. The third-order valence-corrected chi connectivity index (χ3v) is 9.34. The maximum Gasteiger partial charge on any atom is 0.261 e. The highest BCUT2D eigenvalue weighted by atomic mass is 32.2. The highest BCUT2D eigenvalue weighted by Crippen LogP contribution is 2.25. The predicted molar refractivity (Wildman–Crippen MR) is 134 cm³/mol. The van der Waals surface area contributed by atoms with Gasteiger partial charge in [-0.3, -0.25) is 9.52 Å². The normalized spacial score (nSPS) is 15.1. The average molecular weight is 514 g/mol. The highest BCUT2D eigenvalue weighted by molar-refractivity contribution is 7.92. The first-order chi connectivity index (χ1) is 16.6. The maximum atomic E-state index is 13.3. The Morgan fingerprint density at radius 1 is 0.743 bits per heavy atom. The predicted octanol–water partition coefficient (Wildman–Crippen LogP) is 3.25. The Balaban J connectivity index is 1.48. The van der Waals surface area contributed by atoms with Crippen molar-refractivity contribution >= 4 is 31.6 Å². The van der Waals surface area contributed by atoms with Crippen LogP contribution in [0.5, 0.6) is 0 Å². The Labute approximate surface area is 206 Å². The van der Waals surface area contributed by atoms with Gasteiger partial charge >= 0.3 is 0 Å². The molecule has 4 rings (SSSR count). The number of benzene rings is 3. The van der Waals surface area contributed by atoms with Crippen molar-refractivity contribution in [2.45, 2.75) is 23.6 Å². The summed E-state index contributed by atoms with van der Waals surface area (Å²) >= 11 is 0. The number of carbonyl (C=O) groups is 1. The van der Waals surface area contributed by atoms with Crippen molar-refractivity contribution in [3.8, 4) is 0 Å². The molecule has 1 saturated heterocycles. The molecule has 184 valence electrons. The van der Waals surface area contributed by atoms with E-state index in [0.29, 0.717) is 16.8 Å². The molecule has 1 fully saturated rings. The molecule has 8 nitrogen and oxygen atoms in total. The van der Waals surface area contributed by atoms with E-state index >= 15 is 0 Å². The molecule has 0 unspecified atom stereocenters. The zero-order chi connectivity index (χ0) is 25.2. The first-order valence-corrected chi connectivity index (χ1v) is 14.1. The molecule has 1 aliphatic heterocycles. The van der Waals surface area contributed by atoms with Crippen molar-refractivity contribution in [3.63, 3.8) is 0 Å². The Morgan fingerprint density at radius 3 is 2.00 bits per heavy atom. The fourth-order valence-corrected chi connectivity index (χ4v) is 6.51. The van der Waals surface area contributed by atoms with Crippen LogP contribution in [0.1, 0.15) is 21.5 Å². The minimum absolute atomic E-state index is 0.127. The van der Waals surface area contributed by atoms with E-state index in [4.69, 9.17) is 0 Å². The topological polar surface area (TPSA) is 104 Å². The zero-order valence-corrected chi connectivity index (χ0v) is 21.1. The van der Waals surface area contributed by atoms with Crippen LogP contribution in [0.3, 0.4) is 0 Å². The molecule has 35 heavy (non-hydrogen) atoms. The van der Waals surface area contributed by atoms with E-state index in [9.17, 15) is 21.6 Å². The summed E-state index contributed by atoms with van der Waals surface area (Å²) < 4.78 is 55.3. The van der Waals surface area contributed by atoms with Crippen LogP contribution < -0.4 is 4.72 Å². The number of nitrogens with zero attached hydrogens (tertiary/aromatic N) is 2. The van der Waals surface area contributed by atoms with Crippen LogP contribution in [0.4, 0.5) is 5.69 Å². The van der Waals surface area contributed by atoms with Gasteiger partial charge in [-0.25, -0.2) is 16.8 Å². The minimum atomic E-state index is -3.80. The number of hydrogen-bond acceptors (Lipinski definition) is 5. The standard InChI is InChI=1S/C25H27N3O5S2/c1-19-11-13-22(14-12-19)35(32,33)28-17-15-27(16-18-28)25(29)23-9-6-10-24(20(23)2)26-34(30,31)21-7-4-3-5-8-21/h3-14,26H,15-18H2,1-2H3. The van der Waals surface area contributed by atoms with Crippen LogP contribution in [-0.4, -0.2) is 58.1 Å². The van der Waals surface area contributed by atoms with E-state index in [1.807, 2.05) is 6.92 Å². The molecule has 3 aromatic carbocycles. The molecule has 1 amide bonds. The van der Waals surface area contributed by atoms with Gasteiger partial charge < -0.3 is 4.90 Å². The highest BCUT2D eigenvalue weighted by Gasteiger charge is 2.31. The van der Waals surface area contributed by atoms with Crippen molar-refractivity contribution in [2.24, 2.45) is 0 Å². The van der Waals surface area contributed by atoms with Crippen LogP contribution in [0.15, 0.2) is 82.6 Å². The largest absolute Gasteiger partial charge is 0.336 e. The Hall–Kier alpha value is -3.21. The van der Waals surface area contributed by atoms with Gasteiger partial charge in [-0.2, -0.15) is 4.31 Å². The number of aryl methyl sites for hydroxylation is 1. The first kappa shape index (κ1) is 24.9. The quantitative estimate of drug-likeness (QED) is 0.545. The lowest BCUT2D eigenvalue weighted by Gasteiger charge is -2.34. The van der Waals surface area contributed by atoms with Gasteiger partial charge in [0.1, 0.15) is 0 Å². The number of nitrogens with one attached hydrogen (secondary N) is 1. The number of hydrogen-bond donors (Lipinski definition) is 1. The van der Waals surface area contributed by atoms with Gasteiger partial charge in [0.25, 0.3) is 15.9 Å². The van der Waals surface area contributed by atoms with Crippen molar-refractivity contribution in [2.75, 3.05) is 30.9 Å². The number of anilines is 1. The lowest BCUT2D eigenvalue weighted by Crippen LogP contribution is -2.50. The van der Waals surface area contributed by atoms with Gasteiger partial charge in [0.2, 0.25) is 10.0 Å². The molecule has 0 radical (unpaired) electrons. The number of rotatable bonds is 6. The molecule has 0 aromatic heterocycles. The number of piperazine rings is 1. The van der Waals surface area contributed by atoms with E-state index < -0.39 is 20.0 Å². The minimum Gasteiger partial charge on any atom is -0.336 e. The third kappa shape index (κ3) is 5.24. The number of carbonyl (C=O) groups excluding carboxylic acids is 1. The molecule has 0 saturated carbocycles. The second-order valence-electron chi connectivity index (χ2n) is 8.41. The summed E-state index contributed by atoms with van der Waals surface area (Å²) in [6.45, 7) is 4.42. The summed E-state index contributed by atoms with van der Waals surface area (Å²) in [6.07, 6.45) is 0. The molecular weight excluding hydrogens is 486 g/mol. The van der Waals surface area contributed by atoms with Crippen LogP contribution in [0.25, 0.3) is 0 Å². The Kier molecular flexibility index (Phi) is 6.98. The van der Waals surface area contributed by atoms with E-state index in [2.05, 4.69) is 4.72 Å². The second-order valence-corrected chi connectivity index (χ2v) is 12.0. The summed E-state index contributed by atoms with van der Waals surface area (Å²) in [5.41, 5.74) is 2.17. The fourth-order valence-electron chi connectivity index (χ4n) is 3.94. The SMILES string of the molecule is Cc1ccc(S(=O)(=O)N2CCN(C(=O)c3cccc(NS(=O)(=O)c4ccccc4)c3C)CC2)cc1. The molecule has 0 spiro atoms. The van der Waals surface area contributed by atoms with Crippen molar-refractivity contribution in [1.29, 1.82) is 0 Å². The lowest BCUT2D eigenvalue weighted by atomic mass is 10.1. The third-order valence-electron chi connectivity index (χ3n) is 6.05. The van der Waals surface area contributed by atoms with Crippen LogP contribution >= 0.6 is 0 Å². The van der Waals surface area contributed by atoms with Crippen molar-refractivity contribution in [1.82, 2.24) is 9.21 Å². The van der Waals surface area contributed by atoms with Gasteiger partial charge in [-0.1, -0.05) is 42.0 Å². The molecule has 1 heterocycles. The van der Waals surface area contributed by atoms with Crippen LogP contribution in [-0.2, 0) is 20.0 Å². The van der Waals surface area contributed by atoms with Crippen molar-refractivity contribution in [3.05, 3.63) is 89.5 Å². The summed E-state index contributed by atoms with van der Waals surface area (Å²) in [4.78, 5) is 15.2. The van der Waals surface area contributed by atoms with Crippen molar-refractivity contribution < 1.29 is 21.6 Å². The zero-order valence-electron chi connectivity index (χ0n) is 19.5. The summed E-state index contributed by atoms with van der Waals surface area (Å²) in [7, 11) is -7.44. The number of sulfonamides is 2. The molecule has 0 atom stereocenters. The fraction of sp³-hybridized carbons (Fsp3) is 0.240. The Bertz CT molecular complexity index is 1430. The maximum absolute atomic E-state index is 13.3.